The molecule has 0 unspecified atom stereocenters. The second-order valence-electron chi connectivity index (χ2n) is 7.29. The number of nitrogens with one attached hydrogen (secondary N) is 1. The van der Waals surface area contributed by atoms with Crippen LogP contribution in [0.5, 0.6) is 0 Å². The van der Waals surface area contributed by atoms with Crippen LogP contribution in [0.2, 0.25) is 0 Å². The van der Waals surface area contributed by atoms with Gasteiger partial charge in [0, 0.05) is 47.5 Å². The summed E-state index contributed by atoms with van der Waals surface area (Å²) in [5, 5.41) is 12.7. The van der Waals surface area contributed by atoms with Gasteiger partial charge < -0.3 is 5.32 Å². The van der Waals surface area contributed by atoms with E-state index in [2.05, 4.69) is 29.4 Å². The number of nitrogens with zero attached hydrogens (tertiary/aromatic N) is 5. The summed E-state index contributed by atoms with van der Waals surface area (Å²) in [7, 11) is 0. The highest BCUT2D eigenvalue weighted by Gasteiger charge is 2.17. The molecule has 0 fully saturated rings. The van der Waals surface area contributed by atoms with Crippen LogP contribution < -0.4 is 5.32 Å². The van der Waals surface area contributed by atoms with Gasteiger partial charge in [-0.2, -0.15) is 10.2 Å². The maximum absolute atomic E-state index is 13.2. The summed E-state index contributed by atoms with van der Waals surface area (Å²) >= 11 is 0. The number of aromatic nitrogens is 5. The second-order valence-corrected chi connectivity index (χ2v) is 7.29. The third kappa shape index (κ3) is 3.47. The van der Waals surface area contributed by atoms with Crippen LogP contribution in [-0.2, 0) is 19.6 Å². The van der Waals surface area contributed by atoms with E-state index < -0.39 is 0 Å². The molecule has 1 amide bonds. The quantitative estimate of drug-likeness (QED) is 0.531. The van der Waals surface area contributed by atoms with Crippen molar-refractivity contribution in [2.24, 2.45) is 0 Å². The average Bonchev–Trinajstić information content (AvgIpc) is 3.32. The van der Waals surface area contributed by atoms with Crippen molar-refractivity contribution in [3.05, 3.63) is 65.2 Å². The minimum absolute atomic E-state index is 0.126. The molecule has 1 aromatic carbocycles. The Hall–Kier alpha value is -3.48. The van der Waals surface area contributed by atoms with E-state index in [0.29, 0.717) is 12.1 Å². The zero-order valence-corrected chi connectivity index (χ0v) is 17.8. The molecule has 0 atom stereocenters. The summed E-state index contributed by atoms with van der Waals surface area (Å²) in [4.78, 5) is 18.0. The Bertz CT molecular complexity index is 1220. The first-order valence-corrected chi connectivity index (χ1v) is 10.3. The maximum Gasteiger partial charge on any atom is 0.252 e. The number of fused-ring (bicyclic) bond motifs is 1. The van der Waals surface area contributed by atoms with E-state index in [1.165, 1.54) is 0 Å². The minimum atomic E-state index is -0.126. The molecule has 0 aliphatic rings. The van der Waals surface area contributed by atoms with Gasteiger partial charge >= 0.3 is 0 Å². The molecule has 0 aliphatic carbocycles. The number of benzene rings is 1. The highest BCUT2D eigenvalue weighted by Crippen LogP contribution is 2.27. The zero-order valence-electron chi connectivity index (χ0n) is 17.8. The molecule has 0 aliphatic heterocycles. The van der Waals surface area contributed by atoms with Crippen LogP contribution >= 0.6 is 0 Å². The van der Waals surface area contributed by atoms with E-state index in [-0.39, 0.29) is 5.91 Å². The fraction of sp³-hybridized carbons (Fsp3) is 0.304. The van der Waals surface area contributed by atoms with Crippen molar-refractivity contribution in [3.63, 3.8) is 0 Å². The van der Waals surface area contributed by atoms with Crippen molar-refractivity contribution in [3.8, 4) is 11.3 Å². The molecule has 30 heavy (non-hydrogen) atoms. The van der Waals surface area contributed by atoms with Gasteiger partial charge in [0.05, 0.1) is 29.2 Å². The number of carbonyl (C=O) groups is 1. The number of para-hydroxylation sites is 1. The smallest absolute Gasteiger partial charge is 0.252 e. The molecule has 0 bridgehead atoms. The lowest BCUT2D eigenvalue weighted by Crippen LogP contribution is -2.23. The van der Waals surface area contributed by atoms with E-state index in [9.17, 15) is 4.79 Å². The van der Waals surface area contributed by atoms with E-state index >= 15 is 0 Å². The Kier molecular flexibility index (Phi) is 5.35. The molecule has 7 heteroatoms. The SMILES string of the molecule is CCn1ncc(CNC(=O)c2cc(-c3cnn(CC)c3C)nc3ccccc23)c1C. The number of carbonyl (C=O) groups excluding carboxylic acids is 1. The number of amides is 1. The van der Waals surface area contributed by atoms with Crippen LogP contribution in [0.25, 0.3) is 22.2 Å². The third-order valence-electron chi connectivity index (χ3n) is 5.58. The van der Waals surface area contributed by atoms with E-state index in [4.69, 9.17) is 4.98 Å². The highest BCUT2D eigenvalue weighted by molar-refractivity contribution is 6.07. The van der Waals surface area contributed by atoms with Crippen molar-refractivity contribution >= 4 is 16.8 Å². The molecule has 3 heterocycles. The van der Waals surface area contributed by atoms with E-state index in [1.807, 2.05) is 65.9 Å². The van der Waals surface area contributed by atoms with Crippen molar-refractivity contribution in [2.45, 2.75) is 47.3 Å². The van der Waals surface area contributed by atoms with Crippen molar-refractivity contribution in [2.75, 3.05) is 0 Å². The summed E-state index contributed by atoms with van der Waals surface area (Å²) in [6.07, 6.45) is 3.64. The Labute approximate surface area is 175 Å². The van der Waals surface area contributed by atoms with Gasteiger partial charge in [0.1, 0.15) is 0 Å². The predicted octanol–water partition coefficient (Wildman–Crippen LogP) is 3.88. The van der Waals surface area contributed by atoms with Gasteiger partial charge in [0.2, 0.25) is 0 Å². The summed E-state index contributed by atoms with van der Waals surface area (Å²) < 4.78 is 3.86. The average molecular weight is 403 g/mol. The first-order chi connectivity index (χ1) is 14.5. The molecule has 0 radical (unpaired) electrons. The van der Waals surface area contributed by atoms with Crippen molar-refractivity contribution in [1.82, 2.24) is 29.9 Å². The van der Waals surface area contributed by atoms with Gasteiger partial charge in [-0.15, -0.1) is 0 Å². The van der Waals surface area contributed by atoms with Gasteiger partial charge in [-0.1, -0.05) is 18.2 Å². The van der Waals surface area contributed by atoms with Gasteiger partial charge in [0.15, 0.2) is 0 Å². The minimum Gasteiger partial charge on any atom is -0.348 e. The summed E-state index contributed by atoms with van der Waals surface area (Å²) in [5.41, 5.74) is 6.22. The maximum atomic E-state index is 13.2. The molecule has 4 aromatic rings. The lowest BCUT2D eigenvalue weighted by molar-refractivity contribution is 0.0952. The topological polar surface area (TPSA) is 77.6 Å². The fourth-order valence-corrected chi connectivity index (χ4v) is 3.77. The molecule has 0 saturated heterocycles. The predicted molar refractivity (Wildman–Crippen MR) is 117 cm³/mol. The van der Waals surface area contributed by atoms with Gasteiger partial charge in [-0.05, 0) is 39.8 Å². The van der Waals surface area contributed by atoms with Crippen LogP contribution in [0.1, 0.15) is 41.2 Å². The summed E-state index contributed by atoms with van der Waals surface area (Å²) in [5.74, 6) is -0.126. The standard InChI is InChI=1S/C23H26N6O/c1-5-28-15(3)17(13-25-28)12-24-23(30)19-11-22(20-14-26-29(6-2)16(20)4)27-21-10-8-7-9-18(19)21/h7-11,13-14H,5-6,12H2,1-4H3,(H,24,30). The van der Waals surface area contributed by atoms with Crippen LogP contribution in [0.15, 0.2) is 42.7 Å². The normalized spacial score (nSPS) is 11.2. The number of pyridine rings is 1. The summed E-state index contributed by atoms with van der Waals surface area (Å²) in [6.45, 7) is 10.2. The molecule has 0 saturated carbocycles. The molecule has 4 rings (SSSR count). The van der Waals surface area contributed by atoms with Gasteiger partial charge in [-0.3, -0.25) is 14.2 Å². The molecule has 3 aromatic heterocycles. The largest absolute Gasteiger partial charge is 0.348 e. The van der Waals surface area contributed by atoms with Crippen LogP contribution in [0.3, 0.4) is 0 Å². The third-order valence-corrected chi connectivity index (χ3v) is 5.58. The van der Waals surface area contributed by atoms with Crippen LogP contribution in [0.4, 0.5) is 0 Å². The van der Waals surface area contributed by atoms with Crippen molar-refractivity contribution in [1.29, 1.82) is 0 Å². The monoisotopic (exact) mass is 402 g/mol. The first-order valence-electron chi connectivity index (χ1n) is 10.3. The second kappa shape index (κ2) is 8.10. The molecular formula is C23H26N6O. The lowest BCUT2D eigenvalue weighted by Gasteiger charge is -2.11. The highest BCUT2D eigenvalue weighted by atomic mass is 16.1. The number of hydrogen-bond donors (Lipinski definition) is 1. The van der Waals surface area contributed by atoms with Crippen LogP contribution in [-0.4, -0.2) is 30.5 Å². The lowest BCUT2D eigenvalue weighted by atomic mass is 10.0. The Morgan fingerprint density at radius 1 is 1.00 bits per heavy atom. The Morgan fingerprint density at radius 3 is 2.40 bits per heavy atom. The molecular weight excluding hydrogens is 376 g/mol. The first kappa shape index (κ1) is 19.8. The fourth-order valence-electron chi connectivity index (χ4n) is 3.77. The molecule has 154 valence electrons. The van der Waals surface area contributed by atoms with Gasteiger partial charge in [0.25, 0.3) is 5.91 Å². The van der Waals surface area contributed by atoms with Gasteiger partial charge in [-0.25, -0.2) is 4.98 Å². The number of hydrogen-bond acceptors (Lipinski definition) is 4. The Morgan fingerprint density at radius 2 is 1.70 bits per heavy atom. The summed E-state index contributed by atoms with van der Waals surface area (Å²) in [6, 6.07) is 9.60. The van der Waals surface area contributed by atoms with E-state index in [0.717, 1.165) is 52.2 Å². The zero-order chi connectivity index (χ0) is 21.3. The molecule has 0 spiro atoms. The molecule has 7 nitrogen and oxygen atoms in total. The Balaban J connectivity index is 1.70. The molecule has 1 N–H and O–H groups in total. The van der Waals surface area contributed by atoms with Crippen LogP contribution in [0, 0.1) is 13.8 Å². The van der Waals surface area contributed by atoms with Crippen molar-refractivity contribution < 1.29 is 4.79 Å². The van der Waals surface area contributed by atoms with E-state index in [1.54, 1.807) is 0 Å². The number of rotatable bonds is 6. The number of aryl methyl sites for hydroxylation is 2.